The highest BCUT2D eigenvalue weighted by Crippen LogP contribution is 2.43. The van der Waals surface area contributed by atoms with Gasteiger partial charge in [0.15, 0.2) is 0 Å². The third kappa shape index (κ3) is 2.26. The lowest BCUT2D eigenvalue weighted by Gasteiger charge is -2.14. The van der Waals surface area contributed by atoms with Crippen molar-refractivity contribution < 1.29 is 4.74 Å². The summed E-state index contributed by atoms with van der Waals surface area (Å²) in [6.07, 6.45) is 4.53. The minimum Gasteiger partial charge on any atom is -0.360 e. The van der Waals surface area contributed by atoms with Gasteiger partial charge in [-0.05, 0) is 16.7 Å². The molecule has 0 aliphatic carbocycles. The summed E-state index contributed by atoms with van der Waals surface area (Å²) in [4.78, 5) is 7.32. The number of imidazole rings is 1. The first-order valence-electron chi connectivity index (χ1n) is 7.19. The molecule has 3 aromatic rings. The number of aromatic nitrogens is 2. The van der Waals surface area contributed by atoms with Crippen LogP contribution in [0.3, 0.4) is 0 Å². The first kappa shape index (κ1) is 12.4. The molecule has 104 valence electrons. The number of benzene rings is 2. The van der Waals surface area contributed by atoms with Crippen LogP contribution in [0.15, 0.2) is 67.1 Å². The topological polar surface area (TPSA) is 37.9 Å². The van der Waals surface area contributed by atoms with Crippen molar-refractivity contribution in [2.24, 2.45) is 0 Å². The van der Waals surface area contributed by atoms with E-state index in [0.717, 1.165) is 12.1 Å². The number of hydrogen-bond acceptors (Lipinski definition) is 2. The van der Waals surface area contributed by atoms with Crippen LogP contribution in [0.1, 0.15) is 34.6 Å². The molecule has 0 fully saturated rings. The Bertz CT molecular complexity index is 722. The molecule has 4 rings (SSSR count). The van der Waals surface area contributed by atoms with Crippen molar-refractivity contribution in [1.82, 2.24) is 9.97 Å². The van der Waals surface area contributed by atoms with Crippen molar-refractivity contribution in [3.05, 3.63) is 89.5 Å². The Morgan fingerprint density at radius 2 is 1.71 bits per heavy atom. The van der Waals surface area contributed by atoms with Crippen LogP contribution in [-0.2, 0) is 11.2 Å². The molecule has 3 heteroatoms. The Kier molecular flexibility index (Phi) is 3.05. The molecule has 0 spiro atoms. The van der Waals surface area contributed by atoms with Gasteiger partial charge in [0.05, 0.1) is 18.1 Å². The maximum Gasteiger partial charge on any atom is 0.109 e. The number of nitrogens with zero attached hydrogens (tertiary/aromatic N) is 1. The van der Waals surface area contributed by atoms with Crippen molar-refractivity contribution in [2.45, 2.75) is 18.6 Å². The van der Waals surface area contributed by atoms with Crippen molar-refractivity contribution in [2.75, 3.05) is 0 Å². The fourth-order valence-electron chi connectivity index (χ4n) is 2.99. The fraction of sp³-hybridized carbons (Fsp3) is 0.167. The van der Waals surface area contributed by atoms with Crippen LogP contribution in [0.2, 0.25) is 0 Å². The summed E-state index contributed by atoms with van der Waals surface area (Å²) < 4.78 is 6.34. The van der Waals surface area contributed by atoms with E-state index in [1.165, 1.54) is 16.7 Å². The highest BCUT2D eigenvalue weighted by atomic mass is 16.5. The van der Waals surface area contributed by atoms with Gasteiger partial charge in [-0.15, -0.1) is 0 Å². The van der Waals surface area contributed by atoms with E-state index < -0.39 is 0 Å². The van der Waals surface area contributed by atoms with E-state index in [1.807, 2.05) is 12.3 Å². The van der Waals surface area contributed by atoms with E-state index in [1.54, 1.807) is 6.33 Å². The second-order valence-corrected chi connectivity index (χ2v) is 5.31. The van der Waals surface area contributed by atoms with Gasteiger partial charge in [-0.2, -0.15) is 0 Å². The maximum atomic E-state index is 6.34. The normalized spacial score (nSPS) is 20.4. The van der Waals surface area contributed by atoms with Crippen LogP contribution in [0.25, 0.3) is 0 Å². The second kappa shape index (κ2) is 5.19. The Balaban J connectivity index is 1.70. The van der Waals surface area contributed by atoms with Gasteiger partial charge < -0.3 is 9.72 Å². The molecule has 0 saturated heterocycles. The predicted molar refractivity (Wildman–Crippen MR) is 80.8 cm³/mol. The molecule has 1 aliphatic rings. The van der Waals surface area contributed by atoms with Gasteiger partial charge in [-0.1, -0.05) is 54.6 Å². The lowest BCUT2D eigenvalue weighted by molar-refractivity contribution is 0.0335. The van der Waals surface area contributed by atoms with E-state index in [2.05, 4.69) is 58.5 Å². The minimum atomic E-state index is 0.0198. The molecule has 0 bridgehead atoms. The van der Waals surface area contributed by atoms with Gasteiger partial charge >= 0.3 is 0 Å². The zero-order chi connectivity index (χ0) is 14.1. The lowest BCUT2D eigenvalue weighted by atomic mass is 9.96. The van der Waals surface area contributed by atoms with E-state index in [-0.39, 0.29) is 12.2 Å². The lowest BCUT2D eigenvalue weighted by Crippen LogP contribution is -2.03. The highest BCUT2D eigenvalue weighted by molar-refractivity contribution is 5.41. The molecular formula is C18H16N2O. The highest BCUT2D eigenvalue weighted by Gasteiger charge is 2.32. The molecule has 2 unspecified atom stereocenters. The molecule has 1 aromatic heterocycles. The third-order valence-electron chi connectivity index (χ3n) is 3.98. The third-order valence-corrected chi connectivity index (χ3v) is 3.98. The summed E-state index contributed by atoms with van der Waals surface area (Å²) in [5.41, 5.74) is 4.77. The number of rotatable bonds is 3. The van der Waals surface area contributed by atoms with Crippen LogP contribution in [0.5, 0.6) is 0 Å². The van der Waals surface area contributed by atoms with Crippen molar-refractivity contribution >= 4 is 0 Å². The fourth-order valence-corrected chi connectivity index (χ4v) is 2.99. The molecule has 1 N–H and O–H groups in total. The predicted octanol–water partition coefficient (Wildman–Crippen LogP) is 3.81. The monoisotopic (exact) mass is 276 g/mol. The molecule has 2 aromatic carbocycles. The van der Waals surface area contributed by atoms with Crippen LogP contribution in [-0.4, -0.2) is 9.97 Å². The van der Waals surface area contributed by atoms with Gasteiger partial charge in [0.2, 0.25) is 0 Å². The molecule has 21 heavy (non-hydrogen) atoms. The summed E-state index contributed by atoms with van der Waals surface area (Å²) >= 11 is 0. The Morgan fingerprint density at radius 3 is 2.48 bits per heavy atom. The number of aromatic amines is 1. The van der Waals surface area contributed by atoms with Gasteiger partial charge in [0.25, 0.3) is 0 Å². The van der Waals surface area contributed by atoms with Crippen LogP contribution in [0, 0.1) is 0 Å². The second-order valence-electron chi connectivity index (χ2n) is 5.31. The van der Waals surface area contributed by atoms with Crippen molar-refractivity contribution in [1.29, 1.82) is 0 Å². The summed E-state index contributed by atoms with van der Waals surface area (Å²) in [5, 5.41) is 0. The van der Waals surface area contributed by atoms with Crippen LogP contribution >= 0.6 is 0 Å². The first-order chi connectivity index (χ1) is 10.4. The Labute approximate surface area is 123 Å². The number of nitrogens with one attached hydrogen (secondary N) is 1. The first-order valence-corrected chi connectivity index (χ1v) is 7.19. The van der Waals surface area contributed by atoms with E-state index in [4.69, 9.17) is 4.74 Å². The standard InChI is InChI=1S/C18H16N2O/c1-2-6-13(7-3-1)18-16-9-5-4-8-15(16)17(21-18)10-14-11-19-12-20-14/h1-9,11-12,17-18H,10H2,(H,19,20). The minimum absolute atomic E-state index is 0.0198. The van der Waals surface area contributed by atoms with E-state index >= 15 is 0 Å². The van der Waals surface area contributed by atoms with Gasteiger partial charge in [-0.25, -0.2) is 4.98 Å². The van der Waals surface area contributed by atoms with Gasteiger partial charge in [0, 0.05) is 12.6 Å². The van der Waals surface area contributed by atoms with Gasteiger partial charge in [-0.3, -0.25) is 0 Å². The summed E-state index contributed by atoms with van der Waals surface area (Å²) in [5.74, 6) is 0. The quantitative estimate of drug-likeness (QED) is 0.790. The molecule has 0 amide bonds. The zero-order valence-electron chi connectivity index (χ0n) is 11.6. The molecule has 2 heterocycles. The summed E-state index contributed by atoms with van der Waals surface area (Å²) in [6.45, 7) is 0. The maximum absolute atomic E-state index is 6.34. The Morgan fingerprint density at radius 1 is 0.952 bits per heavy atom. The molecular weight excluding hydrogens is 260 g/mol. The average Bonchev–Trinajstić information content (AvgIpc) is 3.17. The number of ether oxygens (including phenoxy) is 1. The zero-order valence-corrected chi connectivity index (χ0v) is 11.6. The summed E-state index contributed by atoms with van der Waals surface area (Å²) in [6, 6.07) is 18.9. The van der Waals surface area contributed by atoms with Crippen LogP contribution in [0.4, 0.5) is 0 Å². The molecule has 1 aliphatic heterocycles. The SMILES string of the molecule is c1ccc(C2OC(Cc3c[nH]cn3)c3ccccc32)cc1. The largest absolute Gasteiger partial charge is 0.360 e. The number of hydrogen-bond donors (Lipinski definition) is 1. The van der Waals surface area contributed by atoms with Gasteiger partial charge in [0.1, 0.15) is 6.10 Å². The number of H-pyrrole nitrogens is 1. The molecule has 0 radical (unpaired) electrons. The molecule has 0 saturated carbocycles. The molecule has 3 nitrogen and oxygen atoms in total. The van der Waals surface area contributed by atoms with Crippen molar-refractivity contribution in [3.8, 4) is 0 Å². The molecule has 2 atom stereocenters. The van der Waals surface area contributed by atoms with Crippen molar-refractivity contribution in [3.63, 3.8) is 0 Å². The Hall–Kier alpha value is -2.39. The van der Waals surface area contributed by atoms with Crippen LogP contribution < -0.4 is 0 Å². The smallest absolute Gasteiger partial charge is 0.109 e. The number of fused-ring (bicyclic) bond motifs is 1. The van der Waals surface area contributed by atoms with E-state index in [0.29, 0.717) is 0 Å². The summed E-state index contributed by atoms with van der Waals surface area (Å²) in [7, 11) is 0. The van der Waals surface area contributed by atoms with E-state index in [9.17, 15) is 0 Å². The average molecular weight is 276 g/mol.